The zero-order valence-corrected chi connectivity index (χ0v) is 11.8. The minimum atomic E-state index is 0.105. The zero-order valence-electron chi connectivity index (χ0n) is 11.8. The zero-order chi connectivity index (χ0) is 13.7. The molecule has 0 N–H and O–H groups in total. The standard InChI is InChI=1S/C16H19BNO/c1-13(18(2)3)19-17-16-11-7-10-15(12-16)14-8-5-4-6-9-14/h4-10,12-13,17H,1-3H3. The molecule has 0 fully saturated rings. The van der Waals surface area contributed by atoms with Gasteiger partial charge in [0.2, 0.25) is 0 Å². The number of benzene rings is 2. The molecule has 0 aliphatic carbocycles. The highest BCUT2D eigenvalue weighted by Crippen LogP contribution is 2.16. The van der Waals surface area contributed by atoms with Gasteiger partial charge in [0.25, 0.3) is 0 Å². The minimum absolute atomic E-state index is 0.105. The maximum atomic E-state index is 5.77. The lowest BCUT2D eigenvalue weighted by Crippen LogP contribution is -2.32. The van der Waals surface area contributed by atoms with Crippen molar-refractivity contribution in [3.63, 3.8) is 0 Å². The third-order valence-electron chi connectivity index (χ3n) is 3.18. The van der Waals surface area contributed by atoms with E-state index in [0.29, 0.717) is 7.48 Å². The molecular weight excluding hydrogens is 233 g/mol. The smallest absolute Gasteiger partial charge is 0.311 e. The lowest BCUT2D eigenvalue weighted by Gasteiger charge is -2.20. The molecule has 0 aromatic heterocycles. The van der Waals surface area contributed by atoms with E-state index in [1.54, 1.807) is 0 Å². The van der Waals surface area contributed by atoms with Gasteiger partial charge in [-0.25, -0.2) is 0 Å². The van der Waals surface area contributed by atoms with Gasteiger partial charge >= 0.3 is 7.48 Å². The predicted molar refractivity (Wildman–Crippen MR) is 81.7 cm³/mol. The normalized spacial score (nSPS) is 12.4. The van der Waals surface area contributed by atoms with Crippen LogP contribution in [0.5, 0.6) is 0 Å². The second kappa shape index (κ2) is 6.55. The van der Waals surface area contributed by atoms with Crippen molar-refractivity contribution in [2.45, 2.75) is 13.2 Å². The molecule has 97 valence electrons. The Kier molecular flexibility index (Phi) is 4.77. The number of nitrogens with zero attached hydrogens (tertiary/aromatic N) is 1. The topological polar surface area (TPSA) is 12.5 Å². The Morgan fingerprint density at radius 3 is 2.53 bits per heavy atom. The Bertz CT molecular complexity index is 513. The molecule has 2 aromatic carbocycles. The van der Waals surface area contributed by atoms with Crippen LogP contribution in [0.2, 0.25) is 0 Å². The molecule has 19 heavy (non-hydrogen) atoms. The van der Waals surface area contributed by atoms with E-state index in [9.17, 15) is 0 Å². The highest BCUT2D eigenvalue weighted by Gasteiger charge is 2.07. The molecule has 0 heterocycles. The van der Waals surface area contributed by atoms with Crippen LogP contribution >= 0.6 is 0 Å². The summed E-state index contributed by atoms with van der Waals surface area (Å²) in [5.41, 5.74) is 3.50. The molecule has 1 atom stereocenters. The fraction of sp³-hybridized carbons (Fsp3) is 0.250. The predicted octanol–water partition coefficient (Wildman–Crippen LogP) is 2.05. The summed E-state index contributed by atoms with van der Waals surface area (Å²) in [6.07, 6.45) is 0.105. The highest BCUT2D eigenvalue weighted by molar-refractivity contribution is 6.47. The molecule has 2 rings (SSSR count). The molecule has 0 aliphatic rings. The second-order valence-electron chi connectivity index (χ2n) is 4.84. The monoisotopic (exact) mass is 252 g/mol. The van der Waals surface area contributed by atoms with E-state index in [-0.39, 0.29) is 6.23 Å². The van der Waals surface area contributed by atoms with Gasteiger partial charge in [-0.05, 0) is 43.7 Å². The number of hydrogen-bond donors (Lipinski definition) is 0. The molecule has 0 spiro atoms. The van der Waals surface area contributed by atoms with Crippen LogP contribution in [0.15, 0.2) is 48.5 Å². The van der Waals surface area contributed by atoms with Crippen molar-refractivity contribution in [3.8, 4) is 11.1 Å². The van der Waals surface area contributed by atoms with E-state index in [0.717, 1.165) is 5.46 Å². The molecule has 1 radical (unpaired) electrons. The SMILES string of the molecule is CC(OBc1[c]ccc(-c2ccccc2)c1)N(C)C. The molecule has 1 unspecified atom stereocenters. The average Bonchev–Trinajstić information content (AvgIpc) is 2.46. The van der Waals surface area contributed by atoms with Gasteiger partial charge in [-0.15, -0.1) is 0 Å². The van der Waals surface area contributed by atoms with Crippen molar-refractivity contribution in [1.82, 2.24) is 4.90 Å². The largest absolute Gasteiger partial charge is 0.420 e. The van der Waals surface area contributed by atoms with E-state index >= 15 is 0 Å². The van der Waals surface area contributed by atoms with Gasteiger partial charge in [0.1, 0.15) is 0 Å². The minimum Gasteiger partial charge on any atom is -0.420 e. The van der Waals surface area contributed by atoms with Crippen molar-refractivity contribution in [3.05, 3.63) is 54.6 Å². The first kappa shape index (κ1) is 13.8. The van der Waals surface area contributed by atoms with E-state index in [1.807, 2.05) is 38.1 Å². The van der Waals surface area contributed by atoms with Crippen LogP contribution in [0.1, 0.15) is 6.92 Å². The van der Waals surface area contributed by atoms with Crippen LogP contribution in [0, 0.1) is 6.07 Å². The van der Waals surface area contributed by atoms with Crippen LogP contribution < -0.4 is 5.46 Å². The molecule has 0 bridgehead atoms. The third kappa shape index (κ3) is 3.95. The van der Waals surface area contributed by atoms with E-state index in [4.69, 9.17) is 4.65 Å². The molecular formula is C16H19BNO. The van der Waals surface area contributed by atoms with E-state index in [2.05, 4.69) is 42.5 Å². The molecule has 0 saturated heterocycles. The summed E-state index contributed by atoms with van der Waals surface area (Å²) in [5.74, 6) is 0. The fourth-order valence-corrected chi connectivity index (χ4v) is 1.77. The Balaban J connectivity index is 2.08. The lowest BCUT2D eigenvalue weighted by atomic mass is 9.86. The fourth-order valence-electron chi connectivity index (χ4n) is 1.77. The van der Waals surface area contributed by atoms with Crippen LogP contribution in [-0.4, -0.2) is 32.7 Å². The van der Waals surface area contributed by atoms with Gasteiger partial charge in [-0.3, -0.25) is 4.90 Å². The van der Waals surface area contributed by atoms with Crippen molar-refractivity contribution in [2.75, 3.05) is 14.1 Å². The summed E-state index contributed by atoms with van der Waals surface area (Å²) in [6, 6.07) is 19.8. The Labute approximate surface area is 116 Å². The average molecular weight is 252 g/mol. The Hall–Kier alpha value is -1.58. The first-order chi connectivity index (χ1) is 9.16. The summed E-state index contributed by atoms with van der Waals surface area (Å²) in [6.45, 7) is 2.04. The van der Waals surface area contributed by atoms with Crippen molar-refractivity contribution in [1.29, 1.82) is 0 Å². The first-order valence-electron chi connectivity index (χ1n) is 6.51. The van der Waals surface area contributed by atoms with E-state index in [1.165, 1.54) is 11.1 Å². The van der Waals surface area contributed by atoms with Gasteiger partial charge < -0.3 is 4.65 Å². The Morgan fingerprint density at radius 1 is 1.11 bits per heavy atom. The quantitative estimate of drug-likeness (QED) is 0.596. The molecule has 0 aliphatic heterocycles. The van der Waals surface area contributed by atoms with Gasteiger partial charge in [0.05, 0.1) is 6.23 Å². The summed E-state index contributed by atoms with van der Waals surface area (Å²) < 4.78 is 5.77. The molecule has 0 saturated carbocycles. The first-order valence-corrected chi connectivity index (χ1v) is 6.51. The van der Waals surface area contributed by atoms with Crippen molar-refractivity contribution in [2.24, 2.45) is 0 Å². The number of rotatable bonds is 5. The van der Waals surface area contributed by atoms with E-state index < -0.39 is 0 Å². The summed E-state index contributed by atoms with van der Waals surface area (Å²) in [4.78, 5) is 2.04. The van der Waals surface area contributed by atoms with Crippen LogP contribution in [-0.2, 0) is 4.65 Å². The van der Waals surface area contributed by atoms with Crippen LogP contribution in [0.25, 0.3) is 11.1 Å². The molecule has 2 aromatic rings. The van der Waals surface area contributed by atoms with Gasteiger partial charge in [-0.1, -0.05) is 48.5 Å². The maximum absolute atomic E-state index is 5.77. The van der Waals surface area contributed by atoms with Crippen molar-refractivity contribution >= 4 is 12.9 Å². The maximum Gasteiger partial charge on any atom is 0.311 e. The third-order valence-corrected chi connectivity index (χ3v) is 3.18. The summed E-state index contributed by atoms with van der Waals surface area (Å²) >= 11 is 0. The Morgan fingerprint density at radius 2 is 1.84 bits per heavy atom. The molecule has 3 heteroatoms. The molecule has 0 amide bonds. The lowest BCUT2D eigenvalue weighted by molar-refractivity contribution is 0.0881. The van der Waals surface area contributed by atoms with Gasteiger partial charge in [-0.2, -0.15) is 0 Å². The van der Waals surface area contributed by atoms with Crippen LogP contribution in [0.3, 0.4) is 0 Å². The summed E-state index contributed by atoms with van der Waals surface area (Å²) in [7, 11) is 4.60. The molecule has 2 nitrogen and oxygen atoms in total. The highest BCUT2D eigenvalue weighted by atomic mass is 16.5. The van der Waals surface area contributed by atoms with Gasteiger partial charge in [0.15, 0.2) is 0 Å². The number of hydrogen-bond acceptors (Lipinski definition) is 2. The van der Waals surface area contributed by atoms with Crippen molar-refractivity contribution < 1.29 is 4.65 Å². The second-order valence-corrected chi connectivity index (χ2v) is 4.84. The summed E-state index contributed by atoms with van der Waals surface area (Å²) in [5, 5.41) is 0. The van der Waals surface area contributed by atoms with Crippen LogP contribution in [0.4, 0.5) is 0 Å². The van der Waals surface area contributed by atoms with Gasteiger partial charge in [0, 0.05) is 0 Å².